The summed E-state index contributed by atoms with van der Waals surface area (Å²) in [6.07, 6.45) is 1.02. The minimum absolute atomic E-state index is 0.125. The van der Waals surface area contributed by atoms with Crippen LogP contribution in [-0.2, 0) is 35.5 Å². The maximum Gasteiger partial charge on any atom is 0.341 e. The summed E-state index contributed by atoms with van der Waals surface area (Å²) in [4.78, 5) is 30.5. The maximum atomic E-state index is 12.9. The molecule has 0 atom stereocenters. The number of thiophene rings is 1. The third kappa shape index (κ3) is 6.75. The van der Waals surface area contributed by atoms with E-state index >= 15 is 0 Å². The van der Waals surface area contributed by atoms with Crippen molar-refractivity contribution < 1.29 is 14.3 Å². The first kappa shape index (κ1) is 25.5. The summed E-state index contributed by atoms with van der Waals surface area (Å²) < 4.78 is 5.36. The van der Waals surface area contributed by atoms with Gasteiger partial charge in [-0.3, -0.25) is 9.69 Å². The molecule has 1 amide bonds. The van der Waals surface area contributed by atoms with Crippen molar-refractivity contribution in [2.75, 3.05) is 18.5 Å². The normalized spacial score (nSPS) is 13.5. The molecule has 0 aliphatic carbocycles. The molecule has 0 saturated carbocycles. The van der Waals surface area contributed by atoms with Crippen LogP contribution >= 0.6 is 23.1 Å². The van der Waals surface area contributed by atoms with Crippen LogP contribution in [0.5, 0.6) is 0 Å². The molecule has 184 valence electrons. The Balaban J connectivity index is 1.48. The second-order valence-electron chi connectivity index (χ2n) is 8.91. The average Bonchev–Trinajstić information content (AvgIpc) is 3.17. The number of fused-ring (bicyclic) bond motifs is 1. The summed E-state index contributed by atoms with van der Waals surface area (Å²) in [5.74, 6) is -0.480. The van der Waals surface area contributed by atoms with Gasteiger partial charge in [0.2, 0.25) is 5.91 Å². The lowest BCUT2D eigenvalue weighted by Crippen LogP contribution is -2.30. The molecule has 1 N–H and O–H groups in total. The predicted octanol–water partition coefficient (Wildman–Crippen LogP) is 6.16. The highest BCUT2D eigenvalue weighted by atomic mass is 32.2. The van der Waals surface area contributed by atoms with Crippen LogP contribution in [-0.4, -0.2) is 35.2 Å². The van der Waals surface area contributed by atoms with Gasteiger partial charge in [-0.05, 0) is 42.2 Å². The van der Waals surface area contributed by atoms with E-state index in [9.17, 15) is 9.59 Å². The Morgan fingerprint density at radius 3 is 2.51 bits per heavy atom. The van der Waals surface area contributed by atoms with E-state index in [0.717, 1.165) is 42.1 Å². The zero-order valence-electron chi connectivity index (χ0n) is 20.5. The molecule has 1 aliphatic heterocycles. The average molecular weight is 509 g/mol. The molecule has 0 bridgehead atoms. The second kappa shape index (κ2) is 11.9. The number of carbonyl (C=O) groups is 2. The van der Waals surface area contributed by atoms with E-state index in [1.807, 2.05) is 18.2 Å². The Hall–Kier alpha value is -2.61. The van der Waals surface area contributed by atoms with Crippen LogP contribution in [0.15, 0.2) is 59.5 Å². The van der Waals surface area contributed by atoms with Crippen molar-refractivity contribution >= 4 is 40.0 Å². The van der Waals surface area contributed by atoms with Crippen LogP contribution in [0.25, 0.3) is 0 Å². The maximum absolute atomic E-state index is 12.9. The van der Waals surface area contributed by atoms with Gasteiger partial charge in [0.05, 0.1) is 18.6 Å². The molecular weight excluding hydrogens is 476 g/mol. The first-order valence-corrected chi connectivity index (χ1v) is 13.8. The minimum Gasteiger partial charge on any atom is -0.462 e. The molecule has 1 aliphatic rings. The Morgan fingerprint density at radius 2 is 1.83 bits per heavy atom. The molecule has 2 aromatic carbocycles. The molecule has 0 radical (unpaired) electrons. The van der Waals surface area contributed by atoms with E-state index in [1.165, 1.54) is 21.8 Å². The number of carbonyl (C=O) groups excluding carboxylic acids is 2. The van der Waals surface area contributed by atoms with Gasteiger partial charge in [0, 0.05) is 34.7 Å². The van der Waals surface area contributed by atoms with Crippen molar-refractivity contribution in [2.24, 2.45) is 0 Å². The fraction of sp³-hybridized carbons (Fsp3) is 0.357. The molecule has 0 fully saturated rings. The molecule has 35 heavy (non-hydrogen) atoms. The first-order chi connectivity index (χ1) is 16.9. The van der Waals surface area contributed by atoms with Crippen molar-refractivity contribution in [1.29, 1.82) is 0 Å². The number of ether oxygens (including phenoxy) is 1. The number of rotatable bonds is 9. The molecule has 0 saturated heterocycles. The van der Waals surface area contributed by atoms with Crippen LogP contribution in [0.3, 0.4) is 0 Å². The van der Waals surface area contributed by atoms with Gasteiger partial charge in [-0.2, -0.15) is 0 Å². The summed E-state index contributed by atoms with van der Waals surface area (Å²) in [5, 5.41) is 4.14. The largest absolute Gasteiger partial charge is 0.462 e. The molecule has 0 spiro atoms. The number of hydrogen-bond donors (Lipinski definition) is 1. The number of anilines is 1. The molecule has 5 nitrogen and oxygen atoms in total. The Labute approximate surface area is 215 Å². The van der Waals surface area contributed by atoms with Crippen LogP contribution in [0.1, 0.15) is 52.7 Å². The van der Waals surface area contributed by atoms with E-state index in [-0.39, 0.29) is 18.3 Å². The molecule has 3 aromatic rings. The minimum atomic E-state index is -0.355. The molecule has 7 heteroatoms. The molecule has 1 aromatic heterocycles. The number of esters is 1. The third-order valence-corrected chi connectivity index (χ3v) is 7.93. The van der Waals surface area contributed by atoms with E-state index in [2.05, 4.69) is 60.5 Å². The van der Waals surface area contributed by atoms with Crippen LogP contribution in [0.2, 0.25) is 0 Å². The number of hydrogen-bond acceptors (Lipinski definition) is 6. The van der Waals surface area contributed by atoms with E-state index in [0.29, 0.717) is 22.4 Å². The van der Waals surface area contributed by atoms with Gasteiger partial charge >= 0.3 is 5.97 Å². The Bertz CT molecular complexity index is 1160. The fourth-order valence-corrected chi connectivity index (χ4v) is 6.39. The highest BCUT2D eigenvalue weighted by molar-refractivity contribution is 7.99. The van der Waals surface area contributed by atoms with Crippen molar-refractivity contribution in [3.63, 3.8) is 0 Å². The van der Waals surface area contributed by atoms with E-state index in [4.69, 9.17) is 4.74 Å². The summed E-state index contributed by atoms with van der Waals surface area (Å²) in [7, 11) is 0. The Kier molecular flexibility index (Phi) is 8.65. The number of nitrogens with zero attached hydrogens (tertiary/aromatic N) is 1. The van der Waals surface area contributed by atoms with Gasteiger partial charge in [0.15, 0.2) is 0 Å². The Morgan fingerprint density at radius 1 is 1.09 bits per heavy atom. The molecule has 4 rings (SSSR count). The lowest BCUT2D eigenvalue weighted by molar-refractivity contribution is -0.115. The van der Waals surface area contributed by atoms with Gasteiger partial charge in [-0.15, -0.1) is 23.1 Å². The SMILES string of the molecule is CCOC(=O)c1c(NC(=O)Cc2ccc(SC(C)C)cc2)sc2c1CCN(Cc1ccccc1)C2. The summed E-state index contributed by atoms with van der Waals surface area (Å²) >= 11 is 3.30. The van der Waals surface area contributed by atoms with Crippen LogP contribution in [0.4, 0.5) is 5.00 Å². The summed E-state index contributed by atoms with van der Waals surface area (Å²) in [6, 6.07) is 18.5. The van der Waals surface area contributed by atoms with Crippen LogP contribution in [0, 0.1) is 0 Å². The zero-order chi connectivity index (χ0) is 24.8. The number of benzene rings is 2. The van der Waals surface area contributed by atoms with Crippen molar-refractivity contribution in [1.82, 2.24) is 4.90 Å². The second-order valence-corrected chi connectivity index (χ2v) is 11.7. The smallest absolute Gasteiger partial charge is 0.341 e. The standard InChI is InChI=1S/C28H32N2O3S2/c1-4-33-28(32)26-23-14-15-30(17-21-8-6-5-7-9-21)18-24(23)35-27(26)29-25(31)16-20-10-12-22(13-11-20)34-19(2)3/h5-13,19H,4,14-18H2,1-3H3,(H,29,31). The molecule has 0 unspecified atom stereocenters. The first-order valence-electron chi connectivity index (χ1n) is 12.1. The van der Waals surface area contributed by atoms with Gasteiger partial charge in [-0.25, -0.2) is 4.79 Å². The number of thioether (sulfide) groups is 1. The van der Waals surface area contributed by atoms with E-state index in [1.54, 1.807) is 18.7 Å². The summed E-state index contributed by atoms with van der Waals surface area (Å²) in [5.41, 5.74) is 3.76. The number of amides is 1. The lowest BCUT2D eigenvalue weighted by atomic mass is 10.0. The van der Waals surface area contributed by atoms with Crippen LogP contribution < -0.4 is 5.32 Å². The third-order valence-electron chi connectivity index (χ3n) is 5.78. The highest BCUT2D eigenvalue weighted by Gasteiger charge is 2.29. The molecular formula is C28H32N2O3S2. The fourth-order valence-electron chi connectivity index (χ4n) is 4.25. The highest BCUT2D eigenvalue weighted by Crippen LogP contribution is 2.38. The van der Waals surface area contributed by atoms with Gasteiger partial charge in [-0.1, -0.05) is 56.3 Å². The van der Waals surface area contributed by atoms with Crippen molar-refractivity contribution in [3.05, 3.63) is 81.7 Å². The van der Waals surface area contributed by atoms with Gasteiger partial charge < -0.3 is 10.1 Å². The summed E-state index contributed by atoms with van der Waals surface area (Å²) in [6.45, 7) is 8.91. The number of nitrogens with one attached hydrogen (secondary N) is 1. The van der Waals surface area contributed by atoms with E-state index < -0.39 is 0 Å². The van der Waals surface area contributed by atoms with Crippen molar-refractivity contribution in [2.45, 2.75) is 56.8 Å². The predicted molar refractivity (Wildman–Crippen MR) is 144 cm³/mol. The zero-order valence-corrected chi connectivity index (χ0v) is 22.1. The quantitative estimate of drug-likeness (QED) is 0.277. The van der Waals surface area contributed by atoms with Crippen molar-refractivity contribution in [3.8, 4) is 0 Å². The topological polar surface area (TPSA) is 58.6 Å². The lowest BCUT2D eigenvalue weighted by Gasteiger charge is -2.27. The monoisotopic (exact) mass is 508 g/mol. The molecule has 2 heterocycles. The van der Waals surface area contributed by atoms with Gasteiger partial charge in [0.25, 0.3) is 0 Å². The van der Waals surface area contributed by atoms with Gasteiger partial charge in [0.1, 0.15) is 5.00 Å².